The molecule has 2 aliphatic heterocycles. The highest BCUT2D eigenvalue weighted by atomic mass is 32.2. The van der Waals surface area contributed by atoms with Crippen molar-refractivity contribution in [2.75, 3.05) is 12.4 Å². The number of thioether (sulfide) groups is 1. The molecule has 0 aromatic heterocycles. The summed E-state index contributed by atoms with van der Waals surface area (Å²) in [4.78, 5) is 39.2. The van der Waals surface area contributed by atoms with Crippen LogP contribution in [0, 0.1) is 5.92 Å². The molecule has 0 aromatic rings. The average molecular weight is 472 g/mol. The minimum absolute atomic E-state index is 0.0342. The van der Waals surface area contributed by atoms with Crippen LogP contribution in [0.1, 0.15) is 47.0 Å². The monoisotopic (exact) mass is 471 g/mol. The molecule has 2 rings (SSSR count). The Morgan fingerprint density at radius 1 is 1.39 bits per heavy atom. The van der Waals surface area contributed by atoms with E-state index in [0.717, 1.165) is 23.5 Å². The van der Waals surface area contributed by atoms with Crippen LogP contribution in [0.3, 0.4) is 0 Å². The Morgan fingerprint density at radius 2 is 2.03 bits per heavy atom. The predicted molar refractivity (Wildman–Crippen MR) is 124 cm³/mol. The molecular weight excluding hydrogens is 434 g/mol. The zero-order valence-electron chi connectivity index (χ0n) is 19.6. The number of esters is 1. The van der Waals surface area contributed by atoms with Crippen molar-refractivity contribution in [1.82, 2.24) is 4.90 Å². The van der Waals surface area contributed by atoms with Gasteiger partial charge in [0.2, 0.25) is 12.1 Å². The Hall–Kier alpha value is -1.16. The van der Waals surface area contributed by atoms with E-state index < -0.39 is 38.6 Å². The molecule has 0 radical (unpaired) electrons. The first-order valence-corrected chi connectivity index (χ1v) is 14.9. The largest absolute Gasteiger partial charge is 0.458 e. The minimum Gasteiger partial charge on any atom is -0.458 e. The van der Waals surface area contributed by atoms with Crippen LogP contribution in [0.5, 0.6) is 0 Å². The fraction of sp³-hybridized carbons (Fsp3) is 0.773. The number of likely N-dealkylation sites (tertiary alicyclic amines) is 1. The first-order valence-electron chi connectivity index (χ1n) is 10.9. The number of amides is 1. The second kappa shape index (κ2) is 10.2. The molecule has 1 amide bonds. The molecular formula is C22H37NO6SSi. The van der Waals surface area contributed by atoms with Crippen molar-refractivity contribution in [1.29, 1.82) is 0 Å². The molecule has 0 aliphatic carbocycles. The maximum absolute atomic E-state index is 13.0. The van der Waals surface area contributed by atoms with E-state index in [1.165, 1.54) is 6.08 Å². The lowest BCUT2D eigenvalue weighted by atomic mass is 9.79. The van der Waals surface area contributed by atoms with Crippen molar-refractivity contribution in [2.24, 2.45) is 5.92 Å². The molecule has 2 heterocycles. The Labute approximate surface area is 191 Å². The molecule has 0 spiro atoms. The summed E-state index contributed by atoms with van der Waals surface area (Å²) in [5.74, 6) is -0.870. The molecule has 0 saturated carbocycles. The number of Topliss-reactive ketones (excluding diaryl/α,β-unsaturated/α-hetero) is 1. The van der Waals surface area contributed by atoms with Crippen LogP contribution >= 0.6 is 11.8 Å². The van der Waals surface area contributed by atoms with Crippen molar-refractivity contribution >= 4 is 37.7 Å². The predicted octanol–water partition coefficient (Wildman–Crippen LogP) is 3.13. The van der Waals surface area contributed by atoms with E-state index in [-0.39, 0.29) is 35.0 Å². The van der Waals surface area contributed by atoms with Crippen LogP contribution in [-0.4, -0.2) is 72.0 Å². The standard InChI is InChI=1S/C22H37NO6SSi/c1-8-11-28-21(27)20(26)23-15(13-16(24)17-10-9-12-30-17)18(19(23)25)14(2)29-31(6,7)22(3,4)5/h8,14-15,17-18,20,26H,1,9-13H2,2-7H3/t14-,15-,17+,18-,20?/m1/s1. The van der Waals surface area contributed by atoms with Crippen LogP contribution < -0.4 is 0 Å². The van der Waals surface area contributed by atoms with Gasteiger partial charge in [-0.25, -0.2) is 4.79 Å². The minimum atomic E-state index is -2.15. The number of carbonyl (C=O) groups excluding carboxylic acids is 3. The third-order valence-electron chi connectivity index (χ3n) is 6.62. The van der Waals surface area contributed by atoms with Gasteiger partial charge < -0.3 is 19.2 Å². The number of ether oxygens (including phenoxy) is 1. The third kappa shape index (κ3) is 5.80. The van der Waals surface area contributed by atoms with Crippen molar-refractivity contribution in [2.45, 2.75) is 88.7 Å². The Kier molecular flexibility index (Phi) is 8.57. The highest BCUT2D eigenvalue weighted by Gasteiger charge is 2.56. The van der Waals surface area contributed by atoms with Gasteiger partial charge >= 0.3 is 5.97 Å². The third-order valence-corrected chi connectivity index (χ3v) is 12.6. The van der Waals surface area contributed by atoms with Gasteiger partial charge in [-0.15, -0.1) is 0 Å². The maximum Gasteiger partial charge on any atom is 0.356 e. The van der Waals surface area contributed by atoms with Gasteiger partial charge in [-0.1, -0.05) is 33.4 Å². The van der Waals surface area contributed by atoms with Crippen LogP contribution in [0.15, 0.2) is 12.7 Å². The smallest absolute Gasteiger partial charge is 0.356 e. The summed E-state index contributed by atoms with van der Waals surface area (Å²) < 4.78 is 11.3. The summed E-state index contributed by atoms with van der Waals surface area (Å²) in [5.41, 5.74) is 0. The SMILES string of the molecule is C=CCOC(=O)C(O)N1C(=O)[C@H]([C@@H](C)O[Si](C)(C)C(C)(C)C)[C@H]1CC(=O)[C@@H]1CCCS1. The van der Waals surface area contributed by atoms with Crippen LogP contribution in [-0.2, 0) is 23.5 Å². The topological polar surface area (TPSA) is 93.1 Å². The van der Waals surface area contributed by atoms with Gasteiger partial charge in [-0.05, 0) is 43.7 Å². The van der Waals surface area contributed by atoms with Crippen molar-refractivity contribution < 1.29 is 28.7 Å². The summed E-state index contributed by atoms with van der Waals surface area (Å²) in [6.07, 6.45) is 1.16. The van der Waals surface area contributed by atoms with E-state index in [1.54, 1.807) is 11.8 Å². The van der Waals surface area contributed by atoms with E-state index in [1.807, 2.05) is 6.92 Å². The van der Waals surface area contributed by atoms with Crippen molar-refractivity contribution in [3.05, 3.63) is 12.7 Å². The van der Waals surface area contributed by atoms with Gasteiger partial charge in [0.15, 0.2) is 8.32 Å². The molecule has 9 heteroatoms. The fourth-order valence-electron chi connectivity index (χ4n) is 3.85. The molecule has 31 heavy (non-hydrogen) atoms. The van der Waals surface area contributed by atoms with Gasteiger partial charge in [0.05, 0.1) is 23.3 Å². The molecule has 176 valence electrons. The number of carbonyl (C=O) groups is 3. The summed E-state index contributed by atoms with van der Waals surface area (Å²) in [6, 6.07) is -0.591. The second-order valence-electron chi connectivity index (χ2n) is 9.89. The number of hydrogen-bond donors (Lipinski definition) is 1. The van der Waals surface area contributed by atoms with Crippen LogP contribution in [0.4, 0.5) is 0 Å². The van der Waals surface area contributed by atoms with E-state index in [4.69, 9.17) is 9.16 Å². The molecule has 0 bridgehead atoms. The molecule has 1 N–H and O–H groups in total. The van der Waals surface area contributed by atoms with Gasteiger partial charge in [0, 0.05) is 6.42 Å². The number of β-lactam (4-membered cyclic amide) rings is 1. The normalized spacial score (nSPS) is 26.2. The number of nitrogens with zero attached hydrogens (tertiary/aromatic N) is 1. The second-order valence-corrected chi connectivity index (χ2v) is 16.0. The highest BCUT2D eigenvalue weighted by Crippen LogP contribution is 2.42. The van der Waals surface area contributed by atoms with Gasteiger partial charge in [-0.3, -0.25) is 9.59 Å². The zero-order valence-corrected chi connectivity index (χ0v) is 21.4. The molecule has 5 atom stereocenters. The quantitative estimate of drug-likeness (QED) is 0.226. The summed E-state index contributed by atoms with van der Waals surface area (Å²) in [6.45, 7) is 15.9. The lowest BCUT2D eigenvalue weighted by molar-refractivity contribution is -0.196. The van der Waals surface area contributed by atoms with E-state index in [2.05, 4.69) is 40.4 Å². The molecule has 7 nitrogen and oxygen atoms in total. The molecule has 0 aromatic carbocycles. The van der Waals surface area contributed by atoms with Gasteiger partial charge in [0.25, 0.3) is 0 Å². The van der Waals surface area contributed by atoms with Crippen molar-refractivity contribution in [3.63, 3.8) is 0 Å². The number of rotatable bonds is 10. The van der Waals surface area contributed by atoms with E-state index >= 15 is 0 Å². The van der Waals surface area contributed by atoms with Crippen LogP contribution in [0.25, 0.3) is 0 Å². The van der Waals surface area contributed by atoms with Gasteiger partial charge in [0.1, 0.15) is 12.4 Å². The number of ketones is 1. The molecule has 2 fully saturated rings. The van der Waals surface area contributed by atoms with E-state index in [9.17, 15) is 19.5 Å². The number of hydrogen-bond acceptors (Lipinski definition) is 7. The summed E-state index contributed by atoms with van der Waals surface area (Å²) in [5, 5.41) is 10.4. The first-order chi connectivity index (χ1) is 14.3. The molecule has 2 aliphatic rings. The first kappa shape index (κ1) is 26.1. The summed E-state index contributed by atoms with van der Waals surface area (Å²) in [7, 11) is -2.15. The number of aliphatic hydroxyl groups is 1. The average Bonchev–Trinajstić information content (AvgIpc) is 3.19. The van der Waals surface area contributed by atoms with Crippen LogP contribution in [0.2, 0.25) is 18.1 Å². The van der Waals surface area contributed by atoms with E-state index in [0.29, 0.717) is 0 Å². The number of aliphatic hydroxyl groups excluding tert-OH is 1. The van der Waals surface area contributed by atoms with Crippen molar-refractivity contribution in [3.8, 4) is 0 Å². The maximum atomic E-state index is 13.0. The Bertz CT molecular complexity index is 701. The van der Waals surface area contributed by atoms with Gasteiger partial charge in [-0.2, -0.15) is 11.8 Å². The Balaban J connectivity index is 2.20. The Morgan fingerprint density at radius 3 is 2.55 bits per heavy atom. The fourth-order valence-corrected chi connectivity index (χ4v) is 6.51. The lowest BCUT2D eigenvalue weighted by Crippen LogP contribution is -2.70. The zero-order chi connectivity index (χ0) is 23.6. The highest BCUT2D eigenvalue weighted by molar-refractivity contribution is 8.00. The lowest BCUT2D eigenvalue weighted by Gasteiger charge is -2.52. The summed E-state index contributed by atoms with van der Waals surface area (Å²) >= 11 is 1.64. The molecule has 1 unspecified atom stereocenters. The molecule has 2 saturated heterocycles.